The predicted molar refractivity (Wildman–Crippen MR) is 169 cm³/mol. The van der Waals surface area contributed by atoms with E-state index >= 15 is 0 Å². The number of rotatable bonds is 10. The minimum absolute atomic E-state index is 0.0000529. The number of pyridine rings is 3. The molecule has 14 heteroatoms. The Morgan fingerprint density at radius 3 is 2.36 bits per heavy atom. The van der Waals surface area contributed by atoms with Gasteiger partial charge < -0.3 is 9.64 Å². The third kappa shape index (κ3) is 5.95. The van der Waals surface area contributed by atoms with Crippen molar-refractivity contribution in [2.75, 3.05) is 32.7 Å². The van der Waals surface area contributed by atoms with Gasteiger partial charge in [-0.05, 0) is 43.3 Å². The van der Waals surface area contributed by atoms with E-state index in [-0.39, 0.29) is 39.8 Å². The molecule has 0 bridgehead atoms. The first kappa shape index (κ1) is 30.5. The fraction of sp³-hybridized carbons (Fsp3) is 0.355. The van der Waals surface area contributed by atoms with Crippen LogP contribution in [0, 0.1) is 0 Å². The number of sulfonamides is 1. The summed E-state index contributed by atoms with van der Waals surface area (Å²) in [7, 11) is -2.31. The van der Waals surface area contributed by atoms with Crippen molar-refractivity contribution < 1.29 is 13.2 Å². The third-order valence-corrected chi connectivity index (χ3v) is 9.78. The number of piperazine rings is 1. The van der Waals surface area contributed by atoms with E-state index in [4.69, 9.17) is 9.72 Å². The molecule has 13 nitrogen and oxygen atoms in total. The number of hydrogen-bond acceptors (Lipinski definition) is 10. The molecular weight excluding hydrogens is 594 g/mol. The molecule has 1 saturated heterocycles. The number of aromatic nitrogens is 7. The molecule has 0 amide bonds. The van der Waals surface area contributed by atoms with E-state index in [0.717, 1.165) is 18.7 Å². The summed E-state index contributed by atoms with van der Waals surface area (Å²) < 4.78 is 38.2. The molecule has 6 heterocycles. The molecule has 0 aromatic carbocycles. The molecular formula is C31H35N9O4S. The summed E-state index contributed by atoms with van der Waals surface area (Å²) in [6.45, 7) is 7.08. The van der Waals surface area contributed by atoms with Crippen LogP contribution in [0.3, 0.4) is 0 Å². The third-order valence-electron chi connectivity index (χ3n) is 7.92. The largest absolute Gasteiger partial charge is 0.471 e. The van der Waals surface area contributed by atoms with Gasteiger partial charge in [-0.3, -0.25) is 14.3 Å². The Labute approximate surface area is 261 Å². The SMILES string of the molecule is CCCc1c2nc(-c3cc(S(=O)(=O)N4CCN(CC)CC4)cnc3OCc3ccccn3)n(C)c(=O)c2nn1-c1ccccn1. The molecule has 1 aliphatic heterocycles. The quantitative estimate of drug-likeness (QED) is 0.226. The van der Waals surface area contributed by atoms with E-state index in [1.807, 2.05) is 37.3 Å². The molecule has 0 unspecified atom stereocenters. The van der Waals surface area contributed by atoms with Gasteiger partial charge >= 0.3 is 0 Å². The molecule has 6 rings (SSSR count). The first-order valence-corrected chi connectivity index (χ1v) is 16.4. The Morgan fingerprint density at radius 2 is 1.69 bits per heavy atom. The summed E-state index contributed by atoms with van der Waals surface area (Å²) >= 11 is 0. The summed E-state index contributed by atoms with van der Waals surface area (Å²) in [4.78, 5) is 34.2. The Hall–Kier alpha value is -4.53. The lowest BCUT2D eigenvalue weighted by molar-refractivity contribution is 0.196. The second-order valence-electron chi connectivity index (χ2n) is 10.8. The van der Waals surface area contributed by atoms with E-state index in [1.165, 1.54) is 21.1 Å². The van der Waals surface area contributed by atoms with Crippen molar-refractivity contribution in [1.29, 1.82) is 0 Å². The molecule has 234 valence electrons. The van der Waals surface area contributed by atoms with Crippen LogP contribution < -0.4 is 10.3 Å². The van der Waals surface area contributed by atoms with E-state index in [1.54, 1.807) is 30.2 Å². The van der Waals surface area contributed by atoms with Crippen molar-refractivity contribution in [1.82, 2.24) is 43.5 Å². The standard InChI is InChI=1S/C31H35N9O4S/c1-4-10-25-27-28(36-40(25)26-12-7-9-14-33-26)31(41)37(3)29(35-27)24-19-23(45(42,43)39-17-15-38(5-2)16-18-39)20-34-30(24)44-21-22-11-6-8-13-32-22/h6-9,11-14,19-20H,4-5,10,15-18,21H2,1-3H3. The summed E-state index contributed by atoms with van der Waals surface area (Å²) in [5.41, 5.74) is 1.88. The first-order valence-electron chi connectivity index (χ1n) is 15.0. The lowest BCUT2D eigenvalue weighted by Crippen LogP contribution is -2.48. The highest BCUT2D eigenvalue weighted by molar-refractivity contribution is 7.89. The van der Waals surface area contributed by atoms with Gasteiger partial charge in [0.05, 0.1) is 23.1 Å². The van der Waals surface area contributed by atoms with Crippen LogP contribution in [-0.2, 0) is 30.1 Å². The maximum Gasteiger partial charge on any atom is 0.281 e. The molecule has 5 aromatic rings. The monoisotopic (exact) mass is 629 g/mol. The van der Waals surface area contributed by atoms with Gasteiger partial charge in [-0.2, -0.15) is 9.40 Å². The topological polar surface area (TPSA) is 141 Å². The summed E-state index contributed by atoms with van der Waals surface area (Å²) in [6, 6.07) is 12.5. The minimum Gasteiger partial charge on any atom is -0.471 e. The fourth-order valence-electron chi connectivity index (χ4n) is 5.42. The zero-order chi connectivity index (χ0) is 31.6. The van der Waals surface area contributed by atoms with Gasteiger partial charge in [0.15, 0.2) is 11.3 Å². The Morgan fingerprint density at radius 1 is 0.933 bits per heavy atom. The van der Waals surface area contributed by atoms with E-state index in [9.17, 15) is 13.2 Å². The highest BCUT2D eigenvalue weighted by Crippen LogP contribution is 2.32. The van der Waals surface area contributed by atoms with E-state index in [2.05, 4.69) is 31.9 Å². The molecule has 0 spiro atoms. The molecule has 0 N–H and O–H groups in total. The molecule has 1 fully saturated rings. The van der Waals surface area contributed by atoms with Crippen LogP contribution in [-0.4, -0.2) is 84.6 Å². The van der Waals surface area contributed by atoms with Crippen molar-refractivity contribution in [3.8, 4) is 23.1 Å². The lowest BCUT2D eigenvalue weighted by atomic mass is 10.2. The van der Waals surface area contributed by atoms with Gasteiger partial charge in [0.1, 0.15) is 22.8 Å². The maximum atomic E-state index is 13.8. The predicted octanol–water partition coefficient (Wildman–Crippen LogP) is 2.83. The molecule has 5 aromatic heterocycles. The van der Waals surface area contributed by atoms with Gasteiger partial charge in [-0.15, -0.1) is 0 Å². The van der Waals surface area contributed by atoms with Crippen LogP contribution in [0.1, 0.15) is 31.7 Å². The minimum atomic E-state index is -3.89. The Balaban J connectivity index is 1.50. The molecule has 1 aliphatic rings. The second kappa shape index (κ2) is 12.8. The van der Waals surface area contributed by atoms with Crippen molar-refractivity contribution >= 4 is 21.1 Å². The second-order valence-corrected chi connectivity index (χ2v) is 12.7. The van der Waals surface area contributed by atoms with Crippen LogP contribution in [0.15, 0.2) is 70.7 Å². The van der Waals surface area contributed by atoms with Crippen molar-refractivity contribution in [2.45, 2.75) is 38.2 Å². The Bertz CT molecular complexity index is 1970. The number of likely N-dealkylation sites (N-methyl/N-ethyl adjacent to an activating group) is 1. The summed E-state index contributed by atoms with van der Waals surface area (Å²) in [6.07, 6.45) is 6.00. The summed E-state index contributed by atoms with van der Waals surface area (Å²) in [5, 5.41) is 4.62. The number of nitrogens with zero attached hydrogens (tertiary/aromatic N) is 9. The maximum absolute atomic E-state index is 13.8. The van der Waals surface area contributed by atoms with Crippen LogP contribution in [0.2, 0.25) is 0 Å². The van der Waals surface area contributed by atoms with Crippen LogP contribution >= 0.6 is 0 Å². The normalized spacial score (nSPS) is 14.6. The molecule has 45 heavy (non-hydrogen) atoms. The smallest absolute Gasteiger partial charge is 0.281 e. The van der Waals surface area contributed by atoms with Gasteiger partial charge in [0.25, 0.3) is 5.56 Å². The average molecular weight is 630 g/mol. The molecule has 0 aliphatic carbocycles. The lowest BCUT2D eigenvalue weighted by Gasteiger charge is -2.33. The van der Waals surface area contributed by atoms with Crippen LogP contribution in [0.25, 0.3) is 28.2 Å². The van der Waals surface area contributed by atoms with Gasteiger partial charge in [0.2, 0.25) is 15.9 Å². The van der Waals surface area contributed by atoms with Crippen LogP contribution in [0.5, 0.6) is 5.88 Å². The van der Waals surface area contributed by atoms with Crippen molar-refractivity contribution in [2.24, 2.45) is 7.05 Å². The molecule has 0 saturated carbocycles. The van der Waals surface area contributed by atoms with Crippen molar-refractivity contribution in [3.63, 3.8) is 0 Å². The molecule has 0 radical (unpaired) electrons. The first-order chi connectivity index (χ1) is 21.8. The highest BCUT2D eigenvalue weighted by Gasteiger charge is 2.30. The summed E-state index contributed by atoms with van der Waals surface area (Å²) in [5.74, 6) is 0.910. The average Bonchev–Trinajstić information content (AvgIpc) is 3.44. The van der Waals surface area contributed by atoms with E-state index in [0.29, 0.717) is 49.6 Å². The van der Waals surface area contributed by atoms with Gasteiger partial charge in [-0.1, -0.05) is 32.4 Å². The van der Waals surface area contributed by atoms with E-state index < -0.39 is 10.0 Å². The number of hydrogen-bond donors (Lipinski definition) is 0. The number of ether oxygens (including phenoxy) is 1. The molecule has 0 atom stereocenters. The number of fused-ring (bicyclic) bond motifs is 1. The van der Waals surface area contributed by atoms with Gasteiger partial charge in [0, 0.05) is 45.6 Å². The Kier molecular flexibility index (Phi) is 8.70. The zero-order valence-corrected chi connectivity index (χ0v) is 26.3. The van der Waals surface area contributed by atoms with Gasteiger partial charge in [-0.25, -0.2) is 28.1 Å². The van der Waals surface area contributed by atoms with Crippen molar-refractivity contribution in [3.05, 3.63) is 82.8 Å². The van der Waals surface area contributed by atoms with Crippen LogP contribution in [0.4, 0.5) is 0 Å². The fourth-order valence-corrected chi connectivity index (χ4v) is 6.82. The zero-order valence-electron chi connectivity index (χ0n) is 25.5. The highest BCUT2D eigenvalue weighted by atomic mass is 32.2. The number of aryl methyl sites for hydroxylation is 1.